The highest BCUT2D eigenvalue weighted by Gasteiger charge is 2.25. The molecule has 18 heavy (non-hydrogen) atoms. The van der Waals surface area contributed by atoms with E-state index in [2.05, 4.69) is 17.1 Å². The molecule has 1 heterocycles. The van der Waals surface area contributed by atoms with Crippen molar-refractivity contribution in [1.29, 1.82) is 0 Å². The largest absolute Gasteiger partial charge is 0.385 e. The number of hydrogen-bond acceptors (Lipinski definition) is 5. The molecule has 5 heteroatoms. The highest BCUT2D eigenvalue weighted by Crippen LogP contribution is 2.34. The first-order valence-corrected chi connectivity index (χ1v) is 6.78. The van der Waals surface area contributed by atoms with Gasteiger partial charge in [0.15, 0.2) is 5.82 Å². The fourth-order valence-corrected chi connectivity index (χ4v) is 2.45. The second kappa shape index (κ2) is 6.29. The van der Waals surface area contributed by atoms with E-state index in [1.165, 1.54) is 12.8 Å². The van der Waals surface area contributed by atoms with Crippen LogP contribution in [0.15, 0.2) is 4.52 Å². The van der Waals surface area contributed by atoms with E-state index in [-0.39, 0.29) is 6.04 Å². The maximum Gasteiger partial charge on any atom is 0.243 e. The number of nitrogens with zero attached hydrogens (tertiary/aromatic N) is 2. The minimum Gasteiger partial charge on any atom is -0.385 e. The molecule has 1 unspecified atom stereocenters. The molecule has 0 amide bonds. The van der Waals surface area contributed by atoms with Gasteiger partial charge < -0.3 is 15.0 Å². The Morgan fingerprint density at radius 3 is 2.78 bits per heavy atom. The Hall–Kier alpha value is -0.940. The number of nitrogens with two attached hydrogens (primary N) is 1. The van der Waals surface area contributed by atoms with Crippen molar-refractivity contribution in [2.45, 2.75) is 51.0 Å². The molecule has 1 fully saturated rings. The Morgan fingerprint density at radius 2 is 2.11 bits per heavy atom. The molecular weight excluding hydrogens is 230 g/mol. The zero-order valence-electron chi connectivity index (χ0n) is 11.3. The lowest BCUT2D eigenvalue weighted by Gasteiger charge is -2.23. The molecule has 0 bridgehead atoms. The van der Waals surface area contributed by atoms with Gasteiger partial charge in [0.05, 0.1) is 6.04 Å². The number of ether oxygens (including phenoxy) is 1. The summed E-state index contributed by atoms with van der Waals surface area (Å²) in [6.45, 7) is 2.92. The predicted molar refractivity (Wildman–Crippen MR) is 68.1 cm³/mol. The molecule has 1 saturated carbocycles. The first-order valence-electron chi connectivity index (χ1n) is 6.78. The van der Waals surface area contributed by atoms with Gasteiger partial charge in [0.1, 0.15) is 0 Å². The van der Waals surface area contributed by atoms with E-state index in [0.29, 0.717) is 24.8 Å². The van der Waals surface area contributed by atoms with E-state index in [9.17, 15) is 0 Å². The normalized spacial score (nSPS) is 26.2. The van der Waals surface area contributed by atoms with Crippen LogP contribution in [-0.4, -0.2) is 23.9 Å². The Labute approximate surface area is 108 Å². The highest BCUT2D eigenvalue weighted by molar-refractivity contribution is 4.99. The first-order chi connectivity index (χ1) is 8.70. The SMILES string of the molecule is COCCC(N)c1nc(C2CCC(C)CC2)no1. The number of hydrogen-bond donors (Lipinski definition) is 1. The van der Waals surface area contributed by atoms with Crippen LogP contribution in [0.5, 0.6) is 0 Å². The summed E-state index contributed by atoms with van der Waals surface area (Å²) in [6.07, 6.45) is 5.54. The van der Waals surface area contributed by atoms with Gasteiger partial charge in [0.2, 0.25) is 5.89 Å². The van der Waals surface area contributed by atoms with Crippen molar-refractivity contribution in [3.63, 3.8) is 0 Å². The summed E-state index contributed by atoms with van der Waals surface area (Å²) in [5, 5.41) is 4.09. The van der Waals surface area contributed by atoms with E-state index in [1.807, 2.05) is 0 Å². The smallest absolute Gasteiger partial charge is 0.243 e. The van der Waals surface area contributed by atoms with Crippen molar-refractivity contribution in [3.05, 3.63) is 11.7 Å². The van der Waals surface area contributed by atoms with Crippen LogP contribution in [0.3, 0.4) is 0 Å². The van der Waals surface area contributed by atoms with Gasteiger partial charge in [-0.05, 0) is 25.2 Å². The molecule has 0 saturated heterocycles. The number of aromatic nitrogens is 2. The minimum absolute atomic E-state index is 0.214. The van der Waals surface area contributed by atoms with Crippen molar-refractivity contribution in [1.82, 2.24) is 10.1 Å². The second-order valence-electron chi connectivity index (χ2n) is 5.34. The zero-order valence-corrected chi connectivity index (χ0v) is 11.3. The summed E-state index contributed by atoms with van der Waals surface area (Å²) in [5.41, 5.74) is 5.97. The quantitative estimate of drug-likeness (QED) is 0.872. The lowest BCUT2D eigenvalue weighted by atomic mass is 9.83. The van der Waals surface area contributed by atoms with Gasteiger partial charge >= 0.3 is 0 Å². The van der Waals surface area contributed by atoms with Gasteiger partial charge in [0, 0.05) is 19.6 Å². The Kier molecular flexibility index (Phi) is 4.72. The third kappa shape index (κ3) is 3.29. The third-order valence-electron chi connectivity index (χ3n) is 3.79. The summed E-state index contributed by atoms with van der Waals surface area (Å²) in [5.74, 6) is 2.66. The lowest BCUT2D eigenvalue weighted by molar-refractivity contribution is 0.182. The minimum atomic E-state index is -0.214. The van der Waals surface area contributed by atoms with Crippen LogP contribution in [0, 0.1) is 5.92 Å². The van der Waals surface area contributed by atoms with Crippen LogP contribution >= 0.6 is 0 Å². The Bertz CT molecular complexity index is 359. The molecule has 0 aliphatic heterocycles. The van der Waals surface area contributed by atoms with Crippen LogP contribution in [0.25, 0.3) is 0 Å². The van der Waals surface area contributed by atoms with Crippen molar-refractivity contribution < 1.29 is 9.26 Å². The van der Waals surface area contributed by atoms with Crippen LogP contribution in [-0.2, 0) is 4.74 Å². The molecule has 102 valence electrons. The molecule has 1 atom stereocenters. The standard InChI is InChI=1S/C13H23N3O2/c1-9-3-5-10(6-4-9)12-15-13(18-16-12)11(14)7-8-17-2/h9-11H,3-8,14H2,1-2H3. The first kappa shape index (κ1) is 13.5. The molecule has 5 nitrogen and oxygen atoms in total. The van der Waals surface area contributed by atoms with Crippen LogP contribution in [0.4, 0.5) is 0 Å². The number of rotatable bonds is 5. The van der Waals surface area contributed by atoms with E-state index in [4.69, 9.17) is 15.0 Å². The van der Waals surface area contributed by atoms with Crippen molar-refractivity contribution in [2.75, 3.05) is 13.7 Å². The van der Waals surface area contributed by atoms with Gasteiger partial charge in [0.25, 0.3) is 0 Å². The summed E-state index contributed by atoms with van der Waals surface area (Å²) in [6, 6.07) is -0.214. The molecule has 2 N–H and O–H groups in total. The summed E-state index contributed by atoms with van der Waals surface area (Å²) < 4.78 is 10.3. The van der Waals surface area contributed by atoms with Crippen LogP contribution < -0.4 is 5.73 Å². The van der Waals surface area contributed by atoms with Crippen molar-refractivity contribution in [2.24, 2.45) is 11.7 Å². The highest BCUT2D eigenvalue weighted by atomic mass is 16.5. The third-order valence-corrected chi connectivity index (χ3v) is 3.79. The van der Waals surface area contributed by atoms with Crippen molar-refractivity contribution in [3.8, 4) is 0 Å². The van der Waals surface area contributed by atoms with Gasteiger partial charge in [-0.15, -0.1) is 0 Å². The Morgan fingerprint density at radius 1 is 1.39 bits per heavy atom. The van der Waals surface area contributed by atoms with Crippen LogP contribution in [0.1, 0.15) is 62.7 Å². The van der Waals surface area contributed by atoms with Gasteiger partial charge in [-0.25, -0.2) is 0 Å². The van der Waals surface area contributed by atoms with Crippen LogP contribution in [0.2, 0.25) is 0 Å². The van der Waals surface area contributed by atoms with E-state index in [0.717, 1.165) is 24.6 Å². The molecule has 1 aliphatic carbocycles. The average Bonchev–Trinajstić information content (AvgIpc) is 2.86. The molecule has 1 aliphatic rings. The predicted octanol–water partition coefficient (Wildman–Crippen LogP) is 2.40. The lowest BCUT2D eigenvalue weighted by Crippen LogP contribution is -2.14. The maximum atomic E-state index is 5.97. The van der Waals surface area contributed by atoms with Gasteiger partial charge in [-0.2, -0.15) is 4.98 Å². The zero-order chi connectivity index (χ0) is 13.0. The monoisotopic (exact) mass is 253 g/mol. The maximum absolute atomic E-state index is 5.97. The average molecular weight is 253 g/mol. The van der Waals surface area contributed by atoms with Gasteiger partial charge in [-0.3, -0.25) is 0 Å². The molecule has 0 spiro atoms. The second-order valence-corrected chi connectivity index (χ2v) is 5.34. The summed E-state index contributed by atoms with van der Waals surface area (Å²) >= 11 is 0. The molecular formula is C13H23N3O2. The Balaban J connectivity index is 1.93. The summed E-state index contributed by atoms with van der Waals surface area (Å²) in [4.78, 5) is 4.45. The molecule has 1 aromatic heterocycles. The fourth-order valence-electron chi connectivity index (χ4n) is 2.45. The number of methoxy groups -OCH3 is 1. The van der Waals surface area contributed by atoms with E-state index >= 15 is 0 Å². The molecule has 1 aromatic rings. The fraction of sp³-hybridized carbons (Fsp3) is 0.846. The topological polar surface area (TPSA) is 74.2 Å². The van der Waals surface area contributed by atoms with E-state index < -0.39 is 0 Å². The van der Waals surface area contributed by atoms with Crippen molar-refractivity contribution >= 4 is 0 Å². The molecule has 2 rings (SSSR count). The van der Waals surface area contributed by atoms with E-state index in [1.54, 1.807) is 7.11 Å². The molecule has 0 aromatic carbocycles. The molecule has 0 radical (unpaired) electrons. The van der Waals surface area contributed by atoms with Gasteiger partial charge in [-0.1, -0.05) is 24.9 Å². The summed E-state index contributed by atoms with van der Waals surface area (Å²) in [7, 11) is 1.66.